The SMILES string of the molecule is CCc1oc([C@@H](C)C(=O)[C@H](C)[C@H](OCc2ccc(OC)cc2)[C@H](C)C(=O)O)c(C)c(=O)c1C. The molecule has 180 valence electrons. The number of carboxylic acids is 1. The summed E-state index contributed by atoms with van der Waals surface area (Å²) >= 11 is 0. The highest BCUT2D eigenvalue weighted by Gasteiger charge is 2.37. The van der Waals surface area contributed by atoms with E-state index in [-0.39, 0.29) is 17.8 Å². The van der Waals surface area contributed by atoms with Crippen LogP contribution in [0, 0.1) is 25.7 Å². The van der Waals surface area contributed by atoms with Crippen molar-refractivity contribution in [2.45, 2.75) is 66.6 Å². The van der Waals surface area contributed by atoms with E-state index in [1.807, 2.05) is 19.1 Å². The molecule has 1 aromatic heterocycles. The molecule has 0 amide bonds. The van der Waals surface area contributed by atoms with Gasteiger partial charge in [-0.05, 0) is 45.4 Å². The average Bonchev–Trinajstić information content (AvgIpc) is 2.82. The Kier molecular flexibility index (Phi) is 8.99. The van der Waals surface area contributed by atoms with E-state index in [9.17, 15) is 19.5 Å². The number of hydrogen-bond donors (Lipinski definition) is 1. The van der Waals surface area contributed by atoms with Gasteiger partial charge in [0, 0.05) is 23.5 Å². The minimum atomic E-state index is -1.05. The van der Waals surface area contributed by atoms with Gasteiger partial charge >= 0.3 is 5.97 Å². The van der Waals surface area contributed by atoms with Crippen LogP contribution in [0.5, 0.6) is 5.75 Å². The van der Waals surface area contributed by atoms with Gasteiger partial charge in [-0.25, -0.2) is 0 Å². The van der Waals surface area contributed by atoms with E-state index in [0.717, 1.165) is 5.56 Å². The molecule has 1 heterocycles. The van der Waals surface area contributed by atoms with Crippen LogP contribution in [-0.2, 0) is 27.4 Å². The normalized spacial score (nSPS) is 14.9. The summed E-state index contributed by atoms with van der Waals surface area (Å²) in [6.45, 7) is 10.3. The fourth-order valence-electron chi connectivity index (χ4n) is 4.02. The van der Waals surface area contributed by atoms with E-state index in [1.54, 1.807) is 46.9 Å². The van der Waals surface area contributed by atoms with Crippen molar-refractivity contribution in [3.8, 4) is 5.75 Å². The second-order valence-electron chi connectivity index (χ2n) is 8.49. The van der Waals surface area contributed by atoms with Gasteiger partial charge in [0.1, 0.15) is 23.1 Å². The summed E-state index contributed by atoms with van der Waals surface area (Å²) in [6.07, 6.45) is -0.322. The molecule has 1 aromatic carbocycles. The standard InChI is InChI=1S/C26H34O7/c1-8-21-14(2)22(27)16(4)25(33-21)17(5)23(28)15(3)24(18(6)26(29)30)32-13-19-9-11-20(31-7)12-10-19/h9-12,15,17-18,24H,8,13H2,1-7H3,(H,29,30)/t15-,17-,18-,24-/m0/s1. The van der Waals surface area contributed by atoms with Crippen molar-refractivity contribution in [1.82, 2.24) is 0 Å². The van der Waals surface area contributed by atoms with Gasteiger partial charge in [-0.15, -0.1) is 0 Å². The number of carbonyl (C=O) groups excluding carboxylic acids is 1. The van der Waals surface area contributed by atoms with Gasteiger partial charge in [0.25, 0.3) is 0 Å². The third-order valence-electron chi connectivity index (χ3n) is 6.27. The number of aryl methyl sites for hydroxylation is 1. The zero-order valence-electron chi connectivity index (χ0n) is 20.4. The first kappa shape index (κ1) is 26.3. The van der Waals surface area contributed by atoms with Crippen LogP contribution in [0.25, 0.3) is 0 Å². The molecule has 1 N–H and O–H groups in total. The zero-order valence-corrected chi connectivity index (χ0v) is 20.4. The highest BCUT2D eigenvalue weighted by atomic mass is 16.5. The van der Waals surface area contributed by atoms with Gasteiger partial charge in [-0.1, -0.05) is 26.0 Å². The van der Waals surface area contributed by atoms with Gasteiger partial charge in [-0.2, -0.15) is 0 Å². The molecule has 0 fully saturated rings. The van der Waals surface area contributed by atoms with E-state index in [1.165, 1.54) is 6.92 Å². The summed E-state index contributed by atoms with van der Waals surface area (Å²) in [5.41, 5.74) is 1.65. The number of benzene rings is 1. The highest BCUT2D eigenvalue weighted by Crippen LogP contribution is 2.29. The van der Waals surface area contributed by atoms with E-state index >= 15 is 0 Å². The largest absolute Gasteiger partial charge is 0.497 e. The van der Waals surface area contributed by atoms with Crippen molar-refractivity contribution in [3.05, 3.63) is 62.7 Å². The lowest BCUT2D eigenvalue weighted by Gasteiger charge is -2.28. The van der Waals surface area contributed by atoms with Gasteiger partial charge in [0.15, 0.2) is 5.43 Å². The second-order valence-corrected chi connectivity index (χ2v) is 8.49. The predicted molar refractivity (Wildman–Crippen MR) is 125 cm³/mol. The molecule has 0 saturated carbocycles. The van der Waals surface area contributed by atoms with Crippen LogP contribution < -0.4 is 10.2 Å². The van der Waals surface area contributed by atoms with Crippen LogP contribution in [0.1, 0.15) is 61.8 Å². The van der Waals surface area contributed by atoms with Crippen molar-refractivity contribution < 1.29 is 28.6 Å². The molecule has 2 rings (SSSR count). The molecule has 4 atom stereocenters. The van der Waals surface area contributed by atoms with Crippen molar-refractivity contribution in [3.63, 3.8) is 0 Å². The monoisotopic (exact) mass is 458 g/mol. The summed E-state index contributed by atoms with van der Waals surface area (Å²) < 4.78 is 17.1. The van der Waals surface area contributed by atoms with Gasteiger partial charge in [0.05, 0.1) is 31.7 Å². The van der Waals surface area contributed by atoms with Crippen molar-refractivity contribution in [1.29, 1.82) is 0 Å². The lowest BCUT2D eigenvalue weighted by atomic mass is 9.83. The summed E-state index contributed by atoms with van der Waals surface area (Å²) in [5.74, 6) is -2.06. The maximum absolute atomic E-state index is 13.4. The molecular formula is C26H34O7. The molecule has 0 aliphatic rings. The van der Waals surface area contributed by atoms with Gasteiger partial charge in [-0.3, -0.25) is 14.4 Å². The smallest absolute Gasteiger partial charge is 0.308 e. The minimum Gasteiger partial charge on any atom is -0.497 e. The molecule has 0 saturated heterocycles. The molecule has 7 heteroatoms. The zero-order chi connectivity index (χ0) is 24.9. The molecule has 0 bridgehead atoms. The molecule has 0 aliphatic heterocycles. The van der Waals surface area contributed by atoms with Crippen LogP contribution in [-0.4, -0.2) is 30.1 Å². The van der Waals surface area contributed by atoms with E-state index in [4.69, 9.17) is 13.9 Å². The molecule has 0 spiro atoms. The fraction of sp³-hybridized carbons (Fsp3) is 0.500. The number of carbonyl (C=O) groups is 2. The number of methoxy groups -OCH3 is 1. The molecule has 0 aliphatic carbocycles. The molecular weight excluding hydrogens is 424 g/mol. The number of rotatable bonds is 11. The Labute approximate surface area is 194 Å². The predicted octanol–water partition coefficient (Wildman–Crippen LogP) is 4.44. The van der Waals surface area contributed by atoms with Crippen molar-refractivity contribution >= 4 is 11.8 Å². The lowest BCUT2D eigenvalue weighted by Crippen LogP contribution is -2.39. The Hall–Kier alpha value is -2.93. The van der Waals surface area contributed by atoms with Crippen LogP contribution in [0.2, 0.25) is 0 Å². The Bertz CT molecular complexity index is 1040. The summed E-state index contributed by atoms with van der Waals surface area (Å²) in [4.78, 5) is 37.8. The average molecular weight is 459 g/mol. The first-order valence-corrected chi connectivity index (χ1v) is 11.2. The van der Waals surface area contributed by atoms with Crippen LogP contribution in [0.3, 0.4) is 0 Å². The van der Waals surface area contributed by atoms with E-state index < -0.39 is 29.8 Å². The maximum atomic E-state index is 13.4. The summed E-state index contributed by atoms with van der Waals surface area (Å²) in [5, 5.41) is 9.62. The fourth-order valence-corrected chi connectivity index (χ4v) is 4.02. The molecule has 2 aromatic rings. The number of ether oxygens (including phenoxy) is 2. The Balaban J connectivity index is 2.30. The number of aliphatic carboxylic acids is 1. The van der Waals surface area contributed by atoms with Crippen LogP contribution in [0.4, 0.5) is 0 Å². The number of carboxylic acid groups (broad SMARTS) is 1. The lowest BCUT2D eigenvalue weighted by molar-refractivity contribution is -0.151. The van der Waals surface area contributed by atoms with Gasteiger partial charge < -0.3 is 19.0 Å². The minimum absolute atomic E-state index is 0.133. The van der Waals surface area contributed by atoms with Crippen LogP contribution >= 0.6 is 0 Å². The quantitative estimate of drug-likeness (QED) is 0.531. The third-order valence-corrected chi connectivity index (χ3v) is 6.27. The van der Waals surface area contributed by atoms with Crippen molar-refractivity contribution in [2.75, 3.05) is 7.11 Å². The second kappa shape index (κ2) is 11.3. The van der Waals surface area contributed by atoms with Gasteiger partial charge in [0.2, 0.25) is 0 Å². The number of ketones is 1. The molecule has 0 unspecified atom stereocenters. The molecule has 7 nitrogen and oxygen atoms in total. The summed E-state index contributed by atoms with van der Waals surface area (Å²) in [7, 11) is 1.58. The highest BCUT2D eigenvalue weighted by molar-refractivity contribution is 5.88. The first-order chi connectivity index (χ1) is 15.5. The molecule has 33 heavy (non-hydrogen) atoms. The Morgan fingerprint density at radius 3 is 2.15 bits per heavy atom. The maximum Gasteiger partial charge on any atom is 0.308 e. The Morgan fingerprint density at radius 2 is 1.64 bits per heavy atom. The van der Waals surface area contributed by atoms with Crippen molar-refractivity contribution in [2.24, 2.45) is 11.8 Å². The number of hydrogen-bond acceptors (Lipinski definition) is 6. The van der Waals surface area contributed by atoms with Crippen LogP contribution in [0.15, 0.2) is 33.5 Å². The summed E-state index contributed by atoms with van der Waals surface area (Å²) in [6, 6.07) is 7.23. The number of Topliss-reactive ketones (excluding diaryl/α,β-unsaturated/α-hetero) is 1. The van der Waals surface area contributed by atoms with E-state index in [2.05, 4.69) is 0 Å². The first-order valence-electron chi connectivity index (χ1n) is 11.2. The molecule has 0 radical (unpaired) electrons. The third kappa shape index (κ3) is 5.90. The van der Waals surface area contributed by atoms with E-state index in [0.29, 0.717) is 34.8 Å². The topological polar surface area (TPSA) is 103 Å². The Morgan fingerprint density at radius 1 is 1.03 bits per heavy atom.